The topological polar surface area (TPSA) is 79.6 Å². The second-order valence-corrected chi connectivity index (χ2v) is 5.82. The Hall–Kier alpha value is -3.67. The van der Waals surface area contributed by atoms with E-state index in [9.17, 15) is 4.39 Å². The van der Waals surface area contributed by atoms with Gasteiger partial charge in [0.25, 0.3) is 0 Å². The molecule has 4 aromatic rings. The molecule has 0 atom stereocenters. The molecule has 4 rings (SSSR count). The van der Waals surface area contributed by atoms with Gasteiger partial charge in [0.15, 0.2) is 0 Å². The number of rotatable bonds is 4. The summed E-state index contributed by atoms with van der Waals surface area (Å²) in [6.45, 7) is 0. The van der Waals surface area contributed by atoms with Crippen LogP contribution in [0.1, 0.15) is 11.4 Å². The van der Waals surface area contributed by atoms with Crippen LogP contribution in [0.5, 0.6) is 0 Å². The van der Waals surface area contributed by atoms with E-state index in [2.05, 4.69) is 20.5 Å². The fourth-order valence-corrected chi connectivity index (χ4v) is 2.67. The molecule has 5 nitrogen and oxygen atoms in total. The minimum absolute atomic E-state index is 0.111. The number of hydrogen-bond acceptors (Lipinski definition) is 4. The minimum atomic E-state index is -0.427. The molecule has 4 N–H and O–H groups in total. The maximum Gasteiger partial charge on any atom is 0.146 e. The number of aromatic nitrogens is 3. The van der Waals surface area contributed by atoms with Gasteiger partial charge in [-0.2, -0.15) is 5.10 Å². The Labute approximate surface area is 149 Å². The molecule has 128 valence electrons. The fourth-order valence-electron chi connectivity index (χ4n) is 2.67. The van der Waals surface area contributed by atoms with E-state index in [0.717, 1.165) is 33.7 Å². The lowest BCUT2D eigenvalue weighted by Gasteiger charge is -2.07. The first kappa shape index (κ1) is 15.8. The molecule has 0 spiro atoms. The van der Waals surface area contributed by atoms with Gasteiger partial charge in [0.1, 0.15) is 5.82 Å². The Morgan fingerprint density at radius 1 is 1.00 bits per heavy atom. The van der Waals surface area contributed by atoms with Crippen LogP contribution in [0.4, 0.5) is 21.5 Å². The Kier molecular flexibility index (Phi) is 4.07. The summed E-state index contributed by atoms with van der Waals surface area (Å²) >= 11 is 0. The molecule has 2 heterocycles. The van der Waals surface area contributed by atoms with E-state index in [1.54, 1.807) is 18.3 Å². The first-order valence-electron chi connectivity index (χ1n) is 8.08. The molecule has 0 unspecified atom stereocenters. The third-order valence-corrected chi connectivity index (χ3v) is 3.98. The lowest BCUT2D eigenvalue weighted by Crippen LogP contribution is -1.94. The van der Waals surface area contributed by atoms with Crippen molar-refractivity contribution in [1.29, 1.82) is 0 Å². The smallest absolute Gasteiger partial charge is 0.146 e. The number of pyridine rings is 1. The van der Waals surface area contributed by atoms with Gasteiger partial charge in [-0.3, -0.25) is 10.1 Å². The second kappa shape index (κ2) is 6.68. The number of halogens is 1. The number of nitrogen functional groups attached to an aromatic ring is 1. The summed E-state index contributed by atoms with van der Waals surface area (Å²) in [5.74, 6) is -0.427. The largest absolute Gasteiger partial charge is 0.396 e. The first-order chi connectivity index (χ1) is 12.7. The Bertz CT molecular complexity index is 1090. The lowest BCUT2D eigenvalue weighted by atomic mass is 10.1. The van der Waals surface area contributed by atoms with Gasteiger partial charge in [-0.25, -0.2) is 4.39 Å². The molecule has 0 fully saturated rings. The number of anilines is 3. The van der Waals surface area contributed by atoms with Crippen molar-refractivity contribution in [3.05, 3.63) is 78.0 Å². The van der Waals surface area contributed by atoms with E-state index in [0.29, 0.717) is 0 Å². The molecule has 0 saturated carbocycles. The van der Waals surface area contributed by atoms with Gasteiger partial charge in [0.2, 0.25) is 0 Å². The first-order valence-corrected chi connectivity index (χ1v) is 8.08. The Morgan fingerprint density at radius 2 is 1.85 bits per heavy atom. The van der Waals surface area contributed by atoms with Crippen molar-refractivity contribution in [2.75, 3.05) is 11.1 Å². The van der Waals surface area contributed by atoms with Gasteiger partial charge in [0, 0.05) is 23.0 Å². The average Bonchev–Trinajstić information content (AvgIpc) is 3.06. The van der Waals surface area contributed by atoms with E-state index in [1.165, 1.54) is 6.07 Å². The van der Waals surface area contributed by atoms with Crippen LogP contribution in [0.3, 0.4) is 0 Å². The van der Waals surface area contributed by atoms with Crippen LogP contribution in [0.25, 0.3) is 23.1 Å². The zero-order valence-corrected chi connectivity index (χ0v) is 13.8. The maximum absolute atomic E-state index is 13.3. The van der Waals surface area contributed by atoms with Gasteiger partial charge in [0.05, 0.1) is 22.6 Å². The summed E-state index contributed by atoms with van der Waals surface area (Å²) in [4.78, 5) is 4.26. The molecule has 6 heteroatoms. The molecule has 0 aliphatic heterocycles. The molecule has 0 radical (unpaired) electrons. The van der Waals surface area contributed by atoms with Crippen LogP contribution in [-0.4, -0.2) is 15.2 Å². The van der Waals surface area contributed by atoms with Crippen molar-refractivity contribution in [2.45, 2.75) is 0 Å². The molecule has 2 aromatic heterocycles. The number of aromatic amines is 1. The van der Waals surface area contributed by atoms with Gasteiger partial charge >= 0.3 is 0 Å². The van der Waals surface area contributed by atoms with E-state index in [1.807, 2.05) is 48.6 Å². The summed E-state index contributed by atoms with van der Waals surface area (Å²) < 4.78 is 13.3. The molecule has 2 aromatic carbocycles. The van der Waals surface area contributed by atoms with Gasteiger partial charge < -0.3 is 11.1 Å². The van der Waals surface area contributed by atoms with Crippen molar-refractivity contribution in [3.8, 4) is 0 Å². The zero-order chi connectivity index (χ0) is 17.9. The van der Waals surface area contributed by atoms with E-state index >= 15 is 0 Å². The number of hydrogen-bond donors (Lipinski definition) is 3. The van der Waals surface area contributed by atoms with Crippen LogP contribution < -0.4 is 11.1 Å². The normalized spacial score (nSPS) is 11.3. The summed E-state index contributed by atoms with van der Waals surface area (Å²) in [6, 6.07) is 16.2. The Morgan fingerprint density at radius 3 is 2.65 bits per heavy atom. The van der Waals surface area contributed by atoms with Crippen LogP contribution >= 0.6 is 0 Å². The summed E-state index contributed by atoms with van der Waals surface area (Å²) in [5, 5.41) is 11.6. The molecule has 0 aliphatic rings. The summed E-state index contributed by atoms with van der Waals surface area (Å²) in [6.07, 6.45) is 5.60. The van der Waals surface area contributed by atoms with Crippen LogP contribution in [0, 0.1) is 5.82 Å². The molecular weight excluding hydrogens is 329 g/mol. The van der Waals surface area contributed by atoms with Crippen LogP contribution in [0.15, 0.2) is 60.8 Å². The number of nitrogens with one attached hydrogen (secondary N) is 2. The van der Waals surface area contributed by atoms with Crippen LogP contribution in [-0.2, 0) is 0 Å². The fraction of sp³-hybridized carbons (Fsp3) is 0. The molecular formula is C20H16FN5. The number of benzene rings is 2. The molecule has 0 amide bonds. The third kappa shape index (κ3) is 3.25. The molecule has 0 saturated heterocycles. The number of fused-ring (bicyclic) bond motifs is 1. The minimum Gasteiger partial charge on any atom is -0.396 e. The van der Waals surface area contributed by atoms with Crippen molar-refractivity contribution < 1.29 is 4.39 Å². The lowest BCUT2D eigenvalue weighted by molar-refractivity contribution is 0.633. The number of nitrogens with two attached hydrogens (primary N) is 1. The highest BCUT2D eigenvalue weighted by molar-refractivity contribution is 5.91. The quantitative estimate of drug-likeness (QED) is 0.473. The maximum atomic E-state index is 13.3. The predicted octanol–water partition coefficient (Wildman–Crippen LogP) is 4.59. The zero-order valence-electron chi connectivity index (χ0n) is 13.8. The highest BCUT2D eigenvalue weighted by atomic mass is 19.1. The van der Waals surface area contributed by atoms with Gasteiger partial charge in [-0.1, -0.05) is 6.07 Å². The average molecular weight is 345 g/mol. The second-order valence-electron chi connectivity index (χ2n) is 5.82. The van der Waals surface area contributed by atoms with Crippen molar-refractivity contribution in [3.63, 3.8) is 0 Å². The van der Waals surface area contributed by atoms with Crippen molar-refractivity contribution in [2.24, 2.45) is 0 Å². The Balaban J connectivity index is 1.59. The van der Waals surface area contributed by atoms with Gasteiger partial charge in [-0.15, -0.1) is 0 Å². The van der Waals surface area contributed by atoms with Gasteiger partial charge in [-0.05, 0) is 60.7 Å². The summed E-state index contributed by atoms with van der Waals surface area (Å²) in [7, 11) is 0. The highest BCUT2D eigenvalue weighted by Crippen LogP contribution is 2.25. The molecule has 0 bridgehead atoms. The van der Waals surface area contributed by atoms with Crippen LogP contribution in [0.2, 0.25) is 0 Å². The predicted molar refractivity (Wildman–Crippen MR) is 103 cm³/mol. The highest BCUT2D eigenvalue weighted by Gasteiger charge is 2.05. The van der Waals surface area contributed by atoms with E-state index in [-0.39, 0.29) is 5.69 Å². The van der Waals surface area contributed by atoms with Crippen molar-refractivity contribution in [1.82, 2.24) is 15.2 Å². The number of H-pyrrole nitrogens is 1. The molecule has 0 aliphatic carbocycles. The van der Waals surface area contributed by atoms with Crippen molar-refractivity contribution >= 4 is 40.1 Å². The van der Waals surface area contributed by atoms with E-state index < -0.39 is 5.82 Å². The molecule has 26 heavy (non-hydrogen) atoms. The third-order valence-electron chi connectivity index (χ3n) is 3.98. The standard InChI is InChI=1S/C20H16FN5/c21-17-8-5-14(11-18(17)22)24-15-4-7-16-19(25-26-20(16)12-15)9-6-13-3-1-2-10-23-13/h1-12,24H,22H2,(H,25,26)/b9-6+. The summed E-state index contributed by atoms with van der Waals surface area (Å²) in [5.41, 5.74) is 9.89. The van der Waals surface area contributed by atoms with E-state index in [4.69, 9.17) is 5.73 Å². The number of nitrogens with zero attached hydrogens (tertiary/aromatic N) is 2. The monoisotopic (exact) mass is 345 g/mol. The SMILES string of the molecule is Nc1cc(Nc2ccc3c(/C=C/c4ccccn4)n[nH]c3c2)ccc1F.